The number of carbonyl (C=O) groups excluding carboxylic acids is 2. The zero-order chi connectivity index (χ0) is 14.2. The Labute approximate surface area is 112 Å². The van der Waals surface area contributed by atoms with Gasteiger partial charge >= 0.3 is 0 Å². The lowest BCUT2D eigenvalue weighted by Gasteiger charge is -2.21. The molecule has 0 aliphatic carbocycles. The molecule has 0 aromatic heterocycles. The van der Waals surface area contributed by atoms with Crippen molar-refractivity contribution in [3.05, 3.63) is 38.9 Å². The van der Waals surface area contributed by atoms with E-state index in [1.165, 1.54) is 12.1 Å². The molecule has 0 saturated heterocycles. The molecule has 3 N–H and O–H groups in total. The number of rotatable bonds is 4. The molecule has 1 aromatic rings. The van der Waals surface area contributed by atoms with Crippen LogP contribution in [-0.4, -0.2) is 23.3 Å². The number of hydrogen-bond acceptors (Lipinski definition) is 4. The van der Waals surface area contributed by atoms with E-state index < -0.39 is 35.1 Å². The Morgan fingerprint density at radius 3 is 2.79 bits per heavy atom. The largest absolute Gasteiger partial charge is 0.370 e. The van der Waals surface area contributed by atoms with Gasteiger partial charge in [-0.25, -0.2) is 0 Å². The van der Waals surface area contributed by atoms with Crippen molar-refractivity contribution in [3.8, 4) is 0 Å². The summed E-state index contributed by atoms with van der Waals surface area (Å²) in [5.74, 6) is -1.40. The van der Waals surface area contributed by atoms with Crippen LogP contribution >= 0.6 is 11.6 Å². The molecular weight excluding hydrogens is 274 g/mol. The van der Waals surface area contributed by atoms with E-state index in [9.17, 15) is 19.7 Å². The lowest BCUT2D eigenvalue weighted by atomic mass is 9.78. The quantitative estimate of drug-likeness (QED) is 0.624. The molecule has 0 spiro atoms. The number of hydrogen-bond donors (Lipinski definition) is 2. The first-order chi connectivity index (χ1) is 8.85. The van der Waals surface area contributed by atoms with Gasteiger partial charge in [-0.1, -0.05) is 11.6 Å². The van der Waals surface area contributed by atoms with Crippen molar-refractivity contribution >= 4 is 29.1 Å². The molecule has 2 rings (SSSR count). The molecule has 0 saturated carbocycles. The Kier molecular flexibility index (Phi) is 3.15. The number of nitrogens with zero attached hydrogens (tertiary/aromatic N) is 1. The molecule has 1 atom stereocenters. The third kappa shape index (κ3) is 2.24. The first-order valence-electron chi connectivity index (χ1n) is 5.37. The predicted molar refractivity (Wildman–Crippen MR) is 67.4 cm³/mol. The van der Waals surface area contributed by atoms with Crippen molar-refractivity contribution in [3.63, 3.8) is 0 Å². The highest BCUT2D eigenvalue weighted by atomic mass is 35.5. The van der Waals surface area contributed by atoms with Crippen LogP contribution in [0.15, 0.2) is 18.2 Å². The van der Waals surface area contributed by atoms with E-state index in [4.69, 9.17) is 17.3 Å². The second kappa shape index (κ2) is 4.51. The van der Waals surface area contributed by atoms with Gasteiger partial charge in [0.25, 0.3) is 0 Å². The Bertz CT molecular complexity index is 571. The summed E-state index contributed by atoms with van der Waals surface area (Å²) in [6, 6.07) is 4.53. The van der Waals surface area contributed by atoms with E-state index in [0.717, 1.165) is 0 Å². The molecule has 1 aromatic carbocycles. The summed E-state index contributed by atoms with van der Waals surface area (Å²) >= 11 is 5.85. The van der Waals surface area contributed by atoms with Gasteiger partial charge in [0.2, 0.25) is 18.4 Å². The minimum absolute atomic E-state index is 0.326. The second-order valence-electron chi connectivity index (χ2n) is 4.36. The molecule has 1 heterocycles. The summed E-state index contributed by atoms with van der Waals surface area (Å²) in [7, 11) is 0. The van der Waals surface area contributed by atoms with Crippen molar-refractivity contribution in [2.45, 2.75) is 11.8 Å². The van der Waals surface area contributed by atoms with Crippen LogP contribution in [0.1, 0.15) is 12.0 Å². The molecule has 2 amide bonds. The Morgan fingerprint density at radius 2 is 2.21 bits per heavy atom. The summed E-state index contributed by atoms with van der Waals surface area (Å²) in [6.45, 7) is -0.713. The van der Waals surface area contributed by atoms with E-state index in [0.29, 0.717) is 16.3 Å². The van der Waals surface area contributed by atoms with Crippen LogP contribution in [0, 0.1) is 10.1 Å². The highest BCUT2D eigenvalue weighted by Crippen LogP contribution is 2.41. The van der Waals surface area contributed by atoms with Crippen LogP contribution in [0.4, 0.5) is 5.69 Å². The zero-order valence-corrected chi connectivity index (χ0v) is 10.4. The van der Waals surface area contributed by atoms with Crippen molar-refractivity contribution in [1.29, 1.82) is 0 Å². The number of carbonyl (C=O) groups is 2. The predicted octanol–water partition coefficient (Wildman–Crippen LogP) is 0.682. The van der Waals surface area contributed by atoms with Gasteiger partial charge in [0, 0.05) is 15.6 Å². The van der Waals surface area contributed by atoms with E-state index in [2.05, 4.69) is 5.32 Å². The van der Waals surface area contributed by atoms with Crippen LogP contribution in [0.3, 0.4) is 0 Å². The number of halogens is 1. The maximum atomic E-state index is 12.1. The fourth-order valence-electron chi connectivity index (χ4n) is 2.29. The number of nitrogens with one attached hydrogen (secondary N) is 1. The summed E-state index contributed by atoms with van der Waals surface area (Å²) in [4.78, 5) is 33.4. The number of nitrogens with two attached hydrogens (primary N) is 1. The third-order valence-corrected chi connectivity index (χ3v) is 3.29. The lowest BCUT2D eigenvalue weighted by molar-refractivity contribution is -0.487. The van der Waals surface area contributed by atoms with E-state index in [1.54, 1.807) is 6.07 Å². The van der Waals surface area contributed by atoms with Crippen LogP contribution in [0.5, 0.6) is 0 Å². The lowest BCUT2D eigenvalue weighted by Crippen LogP contribution is -2.44. The molecule has 7 nitrogen and oxygen atoms in total. The van der Waals surface area contributed by atoms with E-state index >= 15 is 0 Å². The fraction of sp³-hybridized carbons (Fsp3) is 0.273. The number of fused-ring (bicyclic) bond motifs is 1. The zero-order valence-electron chi connectivity index (χ0n) is 9.68. The topological polar surface area (TPSA) is 115 Å². The van der Waals surface area contributed by atoms with Crippen LogP contribution in [0.2, 0.25) is 5.02 Å². The van der Waals surface area contributed by atoms with Gasteiger partial charge in [-0.2, -0.15) is 0 Å². The van der Waals surface area contributed by atoms with Gasteiger partial charge in [0.1, 0.15) is 5.41 Å². The summed E-state index contributed by atoms with van der Waals surface area (Å²) in [6.07, 6.45) is -0.437. The first-order valence-corrected chi connectivity index (χ1v) is 5.74. The molecule has 1 aliphatic rings. The Morgan fingerprint density at radius 1 is 1.53 bits per heavy atom. The standard InChI is InChI=1S/C11H10ClN3O4/c12-6-1-2-8-7(3-6)11(4-9(13)16,5-15(18)19)10(17)14-8/h1-3H,4-5H2,(H2,13,16)(H,14,17). The Balaban J connectivity index is 2.59. The SMILES string of the molecule is NC(=O)CC1(C[N+](=O)[O-])C(=O)Nc2ccc(Cl)cc21. The maximum absolute atomic E-state index is 12.1. The van der Waals surface area contributed by atoms with Crippen molar-refractivity contribution < 1.29 is 14.5 Å². The number of nitro groups is 1. The highest BCUT2D eigenvalue weighted by Gasteiger charge is 2.52. The van der Waals surface area contributed by atoms with Crippen LogP contribution < -0.4 is 11.1 Å². The van der Waals surface area contributed by atoms with Crippen LogP contribution in [0.25, 0.3) is 0 Å². The van der Waals surface area contributed by atoms with Crippen molar-refractivity contribution in [1.82, 2.24) is 0 Å². The number of anilines is 1. The van der Waals surface area contributed by atoms with Crippen molar-refractivity contribution in [2.24, 2.45) is 5.73 Å². The van der Waals surface area contributed by atoms with E-state index in [1.807, 2.05) is 0 Å². The minimum Gasteiger partial charge on any atom is -0.370 e. The summed E-state index contributed by atoms with van der Waals surface area (Å²) < 4.78 is 0. The van der Waals surface area contributed by atoms with Crippen LogP contribution in [-0.2, 0) is 15.0 Å². The minimum atomic E-state index is -1.59. The number of amides is 2. The fourth-order valence-corrected chi connectivity index (χ4v) is 2.46. The Hall–Kier alpha value is -2.15. The smallest absolute Gasteiger partial charge is 0.242 e. The van der Waals surface area contributed by atoms with Gasteiger partial charge in [0.15, 0.2) is 0 Å². The van der Waals surface area contributed by atoms with Gasteiger partial charge in [-0.3, -0.25) is 19.7 Å². The average molecular weight is 284 g/mol. The molecule has 8 heteroatoms. The molecule has 19 heavy (non-hydrogen) atoms. The molecule has 1 aliphatic heterocycles. The molecular formula is C11H10ClN3O4. The van der Waals surface area contributed by atoms with E-state index in [-0.39, 0.29) is 0 Å². The normalized spacial score (nSPS) is 20.8. The third-order valence-electron chi connectivity index (χ3n) is 3.06. The van der Waals surface area contributed by atoms with Gasteiger partial charge in [0.05, 0.1) is 6.42 Å². The second-order valence-corrected chi connectivity index (χ2v) is 4.80. The average Bonchev–Trinajstić information content (AvgIpc) is 2.51. The molecule has 0 radical (unpaired) electrons. The molecule has 0 fully saturated rings. The number of primary amides is 1. The molecule has 1 unspecified atom stereocenters. The summed E-state index contributed by atoms with van der Waals surface area (Å²) in [5, 5.41) is 13.7. The summed E-state index contributed by atoms with van der Waals surface area (Å²) in [5.41, 5.74) is 4.28. The number of benzene rings is 1. The van der Waals surface area contributed by atoms with Crippen molar-refractivity contribution in [2.75, 3.05) is 11.9 Å². The van der Waals surface area contributed by atoms with Gasteiger partial charge in [-0.05, 0) is 23.8 Å². The monoisotopic (exact) mass is 283 g/mol. The maximum Gasteiger partial charge on any atom is 0.242 e. The molecule has 0 bridgehead atoms. The van der Waals surface area contributed by atoms with Gasteiger partial charge in [-0.15, -0.1) is 0 Å². The molecule has 100 valence electrons. The first kappa shape index (κ1) is 13.3. The highest BCUT2D eigenvalue weighted by molar-refractivity contribution is 6.31. The van der Waals surface area contributed by atoms with Gasteiger partial charge < -0.3 is 11.1 Å².